The summed E-state index contributed by atoms with van der Waals surface area (Å²) in [5.74, 6) is -1.60. The number of nitrogens with zero attached hydrogens (tertiary/aromatic N) is 3. The van der Waals surface area contributed by atoms with Gasteiger partial charge in [-0.1, -0.05) is 137 Å². The fourth-order valence-electron chi connectivity index (χ4n) is 9.11. The van der Waals surface area contributed by atoms with E-state index in [-0.39, 0.29) is 84.7 Å². The van der Waals surface area contributed by atoms with Crippen LogP contribution in [0.4, 0.5) is 0 Å². The van der Waals surface area contributed by atoms with Gasteiger partial charge in [0, 0.05) is 67.5 Å². The van der Waals surface area contributed by atoms with Crippen LogP contribution < -0.4 is 21.3 Å². The summed E-state index contributed by atoms with van der Waals surface area (Å²) in [7, 11) is 0. The molecule has 0 bridgehead atoms. The Hall–Kier alpha value is -5.85. The molecular weight excluding hydrogens is 819 g/mol. The van der Waals surface area contributed by atoms with Gasteiger partial charge in [0.15, 0.2) is 5.82 Å². The van der Waals surface area contributed by atoms with Gasteiger partial charge in [0.05, 0.1) is 11.8 Å². The van der Waals surface area contributed by atoms with Crippen molar-refractivity contribution in [1.29, 1.82) is 0 Å². The Morgan fingerprint density at radius 2 is 1.22 bits per heavy atom. The third kappa shape index (κ3) is 13.4. The van der Waals surface area contributed by atoms with E-state index < -0.39 is 17.9 Å². The van der Waals surface area contributed by atoms with Crippen LogP contribution in [-0.2, 0) is 25.6 Å². The molecule has 13 nitrogen and oxygen atoms in total. The molecule has 2 heterocycles. The highest BCUT2D eigenvalue weighted by Crippen LogP contribution is 2.42. The quantitative estimate of drug-likeness (QED) is 0.0492. The van der Waals surface area contributed by atoms with Crippen LogP contribution in [0.2, 0.25) is 0 Å². The Labute approximate surface area is 383 Å². The van der Waals surface area contributed by atoms with Crippen molar-refractivity contribution in [2.75, 3.05) is 19.6 Å². The number of benzene rings is 3. The first-order chi connectivity index (χ1) is 31.7. The van der Waals surface area contributed by atoms with Crippen LogP contribution in [0.15, 0.2) is 89.5 Å². The summed E-state index contributed by atoms with van der Waals surface area (Å²) in [6.07, 6.45) is 13.8. The van der Waals surface area contributed by atoms with Gasteiger partial charge in [0.2, 0.25) is 23.6 Å². The number of amides is 5. The largest absolute Gasteiger partial charge is 0.354 e. The van der Waals surface area contributed by atoms with E-state index in [9.17, 15) is 24.0 Å². The molecule has 7 rings (SSSR count). The predicted octanol–water partition coefficient (Wildman–Crippen LogP) is 7.63. The Kier molecular flexibility index (Phi) is 16.9. The lowest BCUT2D eigenvalue weighted by molar-refractivity contribution is -0.133. The maximum atomic E-state index is 14.1. The molecule has 13 heteroatoms. The summed E-state index contributed by atoms with van der Waals surface area (Å²) in [5, 5.41) is 16.4. The summed E-state index contributed by atoms with van der Waals surface area (Å²) < 4.78 is 5.62. The first-order valence-corrected chi connectivity index (χ1v) is 24.2. The van der Waals surface area contributed by atoms with Gasteiger partial charge < -0.3 is 30.7 Å². The van der Waals surface area contributed by atoms with E-state index in [0.717, 1.165) is 57.8 Å². The number of carbonyl (C=O) groups excluding carboxylic acids is 5. The smallest absolute Gasteiger partial charge is 0.257 e. The summed E-state index contributed by atoms with van der Waals surface area (Å²) in [5.41, 5.74) is 3.32. The lowest BCUT2D eigenvalue weighted by Gasteiger charge is -2.18. The van der Waals surface area contributed by atoms with Gasteiger partial charge in [-0.25, -0.2) is 0 Å². The van der Waals surface area contributed by atoms with E-state index in [2.05, 4.69) is 69.5 Å². The van der Waals surface area contributed by atoms with Crippen molar-refractivity contribution in [3.05, 3.63) is 107 Å². The van der Waals surface area contributed by atoms with Crippen LogP contribution in [0.1, 0.15) is 143 Å². The number of rotatable bonds is 25. The highest BCUT2D eigenvalue weighted by Gasteiger charge is 2.49. The number of nitrogens with one attached hydrogen (secondary N) is 4. The average molecular weight is 886 g/mol. The van der Waals surface area contributed by atoms with E-state index >= 15 is 0 Å². The van der Waals surface area contributed by atoms with Gasteiger partial charge >= 0.3 is 0 Å². The van der Waals surface area contributed by atoms with Crippen molar-refractivity contribution in [3.8, 4) is 11.5 Å². The van der Waals surface area contributed by atoms with Crippen LogP contribution in [-0.4, -0.2) is 82.3 Å². The summed E-state index contributed by atoms with van der Waals surface area (Å²) >= 11 is 0. The molecule has 4 aromatic rings. The minimum Gasteiger partial charge on any atom is -0.354 e. The van der Waals surface area contributed by atoms with Gasteiger partial charge in [0.25, 0.3) is 11.8 Å². The van der Waals surface area contributed by atoms with Crippen molar-refractivity contribution in [2.24, 2.45) is 11.8 Å². The molecule has 2 saturated carbocycles. The monoisotopic (exact) mass is 886 g/mol. The first kappa shape index (κ1) is 47.1. The van der Waals surface area contributed by atoms with Crippen molar-refractivity contribution in [1.82, 2.24) is 36.3 Å². The highest BCUT2D eigenvalue weighted by molar-refractivity contribution is 5.97. The molecule has 1 aliphatic heterocycles. The van der Waals surface area contributed by atoms with Gasteiger partial charge in [0.1, 0.15) is 6.04 Å². The van der Waals surface area contributed by atoms with Crippen LogP contribution in [0, 0.1) is 11.8 Å². The molecule has 3 aliphatic rings. The van der Waals surface area contributed by atoms with Crippen LogP contribution in [0.3, 0.4) is 0 Å². The molecule has 3 fully saturated rings. The minimum atomic E-state index is -0.856. The fourth-order valence-corrected chi connectivity index (χ4v) is 9.11. The van der Waals surface area contributed by atoms with E-state index in [1.807, 2.05) is 36.4 Å². The average Bonchev–Trinajstić information content (AvgIpc) is 4.16. The molecule has 7 atom stereocenters. The number of hydrogen-bond acceptors (Lipinski definition) is 8. The van der Waals surface area contributed by atoms with E-state index in [0.29, 0.717) is 24.1 Å². The SMILES string of the molecule is CCCCCCCCCC(=O)N[C@@H](Cc1noc(-c2ccc(C(=O)N3C[C@@H](C(=O)N[C@H]4C[C@@H]4c4ccccc4)[C@H](C(=O)N[C@H]4C[C@@H]4c4ccccc4)C3)cc2)n1)C(=O)NCCCCCC. The number of aromatic nitrogens is 2. The minimum absolute atomic E-state index is 0.0103. The molecule has 65 heavy (non-hydrogen) atoms. The van der Waals surface area contributed by atoms with Crippen molar-refractivity contribution in [3.63, 3.8) is 0 Å². The van der Waals surface area contributed by atoms with Crippen molar-refractivity contribution < 1.29 is 28.5 Å². The molecule has 1 saturated heterocycles. The molecule has 346 valence electrons. The van der Waals surface area contributed by atoms with E-state index in [1.165, 1.54) is 36.8 Å². The first-order valence-electron chi connectivity index (χ1n) is 24.2. The van der Waals surface area contributed by atoms with Crippen LogP contribution in [0.5, 0.6) is 0 Å². The van der Waals surface area contributed by atoms with Gasteiger partial charge in [-0.15, -0.1) is 0 Å². The molecule has 0 radical (unpaired) electrons. The highest BCUT2D eigenvalue weighted by atomic mass is 16.5. The Balaban J connectivity index is 0.968. The zero-order chi connectivity index (χ0) is 45.5. The Morgan fingerprint density at radius 1 is 0.677 bits per heavy atom. The standard InChI is InChI=1S/C52H67N7O6/c1-3-5-7-9-10-11-18-24-47(60)54-45(50(63)53-29-19-8-6-4-2)32-46-57-51(65-58-46)37-25-27-38(28-26-37)52(64)59-33-41(48(61)55-43-30-39(43)35-20-14-12-15-21-35)42(34-59)49(62)56-44-31-40(44)36-22-16-13-17-23-36/h12-17,20-23,25-28,39-45H,3-11,18-19,24,29-34H2,1-2H3,(H,53,63)(H,54,60)(H,55,61)(H,56,62)/t39-,40-,41-,42-,43+,44+,45+/m1/s1. The summed E-state index contributed by atoms with van der Waals surface area (Å²) in [4.78, 5) is 74.4. The summed E-state index contributed by atoms with van der Waals surface area (Å²) in [6.45, 7) is 5.10. The van der Waals surface area contributed by atoms with Crippen LogP contribution >= 0.6 is 0 Å². The van der Waals surface area contributed by atoms with Crippen LogP contribution in [0.25, 0.3) is 11.5 Å². The molecular formula is C52H67N7O6. The normalized spacial score (nSPS) is 21.3. The summed E-state index contributed by atoms with van der Waals surface area (Å²) in [6, 6.07) is 26.1. The lowest BCUT2D eigenvalue weighted by Crippen LogP contribution is -2.48. The molecule has 1 aromatic heterocycles. The number of carbonyl (C=O) groups is 5. The predicted molar refractivity (Wildman–Crippen MR) is 249 cm³/mol. The fraction of sp³-hybridized carbons (Fsp3) is 0.519. The van der Waals surface area contributed by atoms with Gasteiger partial charge in [-0.3, -0.25) is 24.0 Å². The number of hydrogen-bond donors (Lipinski definition) is 4. The Morgan fingerprint density at radius 3 is 1.78 bits per heavy atom. The lowest BCUT2D eigenvalue weighted by atomic mass is 9.94. The second-order valence-corrected chi connectivity index (χ2v) is 18.3. The Bertz CT molecular complexity index is 2100. The maximum absolute atomic E-state index is 14.1. The zero-order valence-electron chi connectivity index (χ0n) is 38.1. The van der Waals surface area contributed by atoms with Crippen molar-refractivity contribution >= 4 is 29.5 Å². The second kappa shape index (κ2) is 23.4. The molecule has 0 spiro atoms. The molecule has 4 N–H and O–H groups in total. The molecule has 3 aromatic carbocycles. The molecule has 5 amide bonds. The molecule has 0 unspecified atom stereocenters. The topological polar surface area (TPSA) is 176 Å². The third-order valence-corrected chi connectivity index (χ3v) is 13.2. The zero-order valence-corrected chi connectivity index (χ0v) is 38.1. The van der Waals surface area contributed by atoms with Gasteiger partial charge in [-0.2, -0.15) is 4.98 Å². The maximum Gasteiger partial charge on any atom is 0.257 e. The van der Waals surface area contributed by atoms with E-state index in [1.54, 1.807) is 29.2 Å². The second-order valence-electron chi connectivity index (χ2n) is 18.3. The number of likely N-dealkylation sites (tertiary alicyclic amines) is 1. The van der Waals surface area contributed by atoms with E-state index in [4.69, 9.17) is 4.52 Å². The third-order valence-electron chi connectivity index (χ3n) is 13.2. The molecule has 2 aliphatic carbocycles. The van der Waals surface area contributed by atoms with Gasteiger partial charge in [-0.05, 0) is 61.1 Å². The van der Waals surface area contributed by atoms with Crippen molar-refractivity contribution in [2.45, 2.75) is 140 Å². The number of unbranched alkanes of at least 4 members (excludes halogenated alkanes) is 9.